The van der Waals surface area contributed by atoms with Crippen molar-refractivity contribution in [3.63, 3.8) is 0 Å². The smallest absolute Gasteiger partial charge is 0.352 e. The number of methoxy groups -OCH3 is 1. The van der Waals surface area contributed by atoms with E-state index in [1.165, 1.54) is 17.9 Å². The number of hydrogen-bond acceptors (Lipinski definition) is 5. The molecule has 0 aliphatic rings. The molecule has 0 saturated heterocycles. The molecule has 0 radical (unpaired) electrons. The summed E-state index contributed by atoms with van der Waals surface area (Å²) in [6.45, 7) is 0.172. The quantitative estimate of drug-likeness (QED) is 0.790. The van der Waals surface area contributed by atoms with Crippen LogP contribution < -0.4 is 10.2 Å². The molecule has 1 aromatic rings. The summed E-state index contributed by atoms with van der Waals surface area (Å²) in [5.74, 6) is -1.29. The topological polar surface area (TPSA) is 103 Å². The number of sulfone groups is 1. The third-order valence-corrected chi connectivity index (χ3v) is 3.48. The van der Waals surface area contributed by atoms with E-state index in [0.717, 1.165) is 12.3 Å². The molecule has 19 heavy (non-hydrogen) atoms. The number of aryl methyl sites for hydroxylation is 1. The summed E-state index contributed by atoms with van der Waals surface area (Å²) in [6.07, 6.45) is 2.64. The standard InChI is InChI=1S/C11H15NO6S/c1-18-10-7-12(4-3-5-19(2,16)17)8(11(14)15)6-9(10)13/h6-7H,3-5H2,1-2H3,(H,14,15). The van der Waals surface area contributed by atoms with Crippen LogP contribution in [0.1, 0.15) is 16.9 Å². The monoisotopic (exact) mass is 289 g/mol. The van der Waals surface area contributed by atoms with E-state index >= 15 is 0 Å². The van der Waals surface area contributed by atoms with Crippen LogP contribution in [0.5, 0.6) is 5.75 Å². The number of pyridine rings is 1. The molecule has 1 N–H and O–H groups in total. The fourth-order valence-electron chi connectivity index (χ4n) is 1.57. The van der Waals surface area contributed by atoms with Gasteiger partial charge in [-0.25, -0.2) is 13.2 Å². The molecule has 0 saturated carbocycles. The summed E-state index contributed by atoms with van der Waals surface area (Å²) in [4.78, 5) is 22.5. The zero-order chi connectivity index (χ0) is 14.6. The van der Waals surface area contributed by atoms with Crippen LogP contribution in [0.25, 0.3) is 0 Å². The van der Waals surface area contributed by atoms with Crippen molar-refractivity contribution in [2.75, 3.05) is 19.1 Å². The Morgan fingerprint density at radius 2 is 2.11 bits per heavy atom. The van der Waals surface area contributed by atoms with E-state index in [2.05, 4.69) is 0 Å². The highest BCUT2D eigenvalue weighted by Crippen LogP contribution is 2.08. The van der Waals surface area contributed by atoms with Gasteiger partial charge in [-0.2, -0.15) is 0 Å². The largest absolute Gasteiger partial charge is 0.491 e. The maximum absolute atomic E-state index is 11.5. The minimum Gasteiger partial charge on any atom is -0.491 e. The van der Waals surface area contributed by atoms with Crippen LogP contribution in [-0.4, -0.2) is 43.2 Å². The van der Waals surface area contributed by atoms with Gasteiger partial charge in [0.15, 0.2) is 5.75 Å². The van der Waals surface area contributed by atoms with Gasteiger partial charge in [-0.05, 0) is 6.42 Å². The van der Waals surface area contributed by atoms with Crippen LogP contribution in [0.3, 0.4) is 0 Å². The Balaban J connectivity index is 3.03. The van der Waals surface area contributed by atoms with Crippen molar-refractivity contribution in [3.05, 3.63) is 28.2 Å². The van der Waals surface area contributed by atoms with Crippen molar-refractivity contribution in [2.45, 2.75) is 13.0 Å². The van der Waals surface area contributed by atoms with Crippen LogP contribution in [-0.2, 0) is 16.4 Å². The summed E-state index contributed by atoms with van der Waals surface area (Å²) < 4.78 is 28.2. The lowest BCUT2D eigenvalue weighted by atomic mass is 10.3. The highest BCUT2D eigenvalue weighted by molar-refractivity contribution is 7.90. The van der Waals surface area contributed by atoms with E-state index in [0.29, 0.717) is 0 Å². The Hall–Kier alpha value is -1.83. The van der Waals surface area contributed by atoms with Crippen molar-refractivity contribution in [2.24, 2.45) is 0 Å². The Labute approximate surface area is 110 Å². The molecule has 106 valence electrons. The molecule has 7 nitrogen and oxygen atoms in total. The Morgan fingerprint density at radius 1 is 1.47 bits per heavy atom. The lowest BCUT2D eigenvalue weighted by molar-refractivity contribution is 0.0683. The minimum absolute atomic E-state index is 0.0179. The Morgan fingerprint density at radius 3 is 2.58 bits per heavy atom. The van der Waals surface area contributed by atoms with Gasteiger partial charge in [-0.1, -0.05) is 0 Å². The van der Waals surface area contributed by atoms with E-state index in [1.807, 2.05) is 0 Å². The van der Waals surface area contributed by atoms with Gasteiger partial charge in [0.1, 0.15) is 15.5 Å². The van der Waals surface area contributed by atoms with Crippen LogP contribution in [0.2, 0.25) is 0 Å². The molecular weight excluding hydrogens is 274 g/mol. The van der Waals surface area contributed by atoms with Gasteiger partial charge in [0.2, 0.25) is 5.43 Å². The van der Waals surface area contributed by atoms with Crippen molar-refractivity contribution in [1.29, 1.82) is 0 Å². The molecule has 0 amide bonds. The second kappa shape index (κ2) is 5.87. The number of ether oxygens (including phenoxy) is 1. The number of carbonyl (C=O) groups is 1. The first-order valence-corrected chi connectivity index (χ1v) is 7.50. The molecule has 0 aliphatic heterocycles. The molecule has 0 spiro atoms. The average Bonchev–Trinajstić information content (AvgIpc) is 2.28. The van der Waals surface area contributed by atoms with Crippen LogP contribution in [0.4, 0.5) is 0 Å². The Bertz CT molecular complexity index is 631. The predicted molar refractivity (Wildman–Crippen MR) is 68.5 cm³/mol. The number of aromatic carboxylic acids is 1. The number of hydrogen-bond donors (Lipinski definition) is 1. The van der Waals surface area contributed by atoms with Crippen molar-refractivity contribution >= 4 is 15.8 Å². The summed E-state index contributed by atoms with van der Waals surface area (Å²) in [6, 6.07) is 0.960. The lowest BCUT2D eigenvalue weighted by Gasteiger charge is -2.11. The second-order valence-corrected chi connectivity index (χ2v) is 6.33. The highest BCUT2D eigenvalue weighted by Gasteiger charge is 2.13. The van der Waals surface area contributed by atoms with Crippen molar-refractivity contribution in [1.82, 2.24) is 4.57 Å². The van der Waals surface area contributed by atoms with Crippen LogP contribution >= 0.6 is 0 Å². The summed E-state index contributed by atoms with van der Waals surface area (Å²) in [5, 5.41) is 8.99. The van der Waals surface area contributed by atoms with Gasteiger partial charge in [0, 0.05) is 18.9 Å². The van der Waals surface area contributed by atoms with Crippen molar-refractivity contribution in [3.8, 4) is 5.75 Å². The summed E-state index contributed by atoms with van der Waals surface area (Å²) in [7, 11) is -1.80. The van der Waals surface area contributed by atoms with Gasteiger partial charge in [-0.15, -0.1) is 0 Å². The molecule has 1 aromatic heterocycles. The van der Waals surface area contributed by atoms with Crippen molar-refractivity contribution < 1.29 is 23.1 Å². The third-order valence-electron chi connectivity index (χ3n) is 2.45. The molecule has 8 heteroatoms. The molecule has 0 aliphatic carbocycles. The molecule has 0 aromatic carbocycles. The first kappa shape index (κ1) is 15.2. The molecule has 0 fully saturated rings. The zero-order valence-corrected chi connectivity index (χ0v) is 11.4. The zero-order valence-electron chi connectivity index (χ0n) is 10.6. The summed E-state index contributed by atoms with van der Waals surface area (Å²) >= 11 is 0. The normalized spacial score (nSPS) is 11.3. The van der Waals surface area contributed by atoms with E-state index < -0.39 is 21.2 Å². The van der Waals surface area contributed by atoms with Gasteiger partial charge in [0.25, 0.3) is 0 Å². The highest BCUT2D eigenvalue weighted by atomic mass is 32.2. The number of nitrogens with zero attached hydrogens (tertiary/aromatic N) is 1. The lowest BCUT2D eigenvalue weighted by Crippen LogP contribution is -2.19. The molecule has 1 heterocycles. The van der Waals surface area contributed by atoms with E-state index in [4.69, 9.17) is 9.84 Å². The van der Waals surface area contributed by atoms with E-state index in [-0.39, 0.29) is 30.2 Å². The van der Waals surface area contributed by atoms with Gasteiger partial charge >= 0.3 is 5.97 Å². The third kappa shape index (κ3) is 4.40. The first-order valence-electron chi connectivity index (χ1n) is 5.44. The van der Waals surface area contributed by atoms with Crippen LogP contribution in [0.15, 0.2) is 17.1 Å². The molecule has 1 rings (SSSR count). The maximum atomic E-state index is 11.5. The minimum atomic E-state index is -3.10. The second-order valence-electron chi connectivity index (χ2n) is 4.07. The van der Waals surface area contributed by atoms with E-state index in [9.17, 15) is 18.0 Å². The number of rotatable bonds is 6. The molecule has 0 unspecified atom stereocenters. The Kier molecular flexibility index (Phi) is 4.71. The number of carboxylic acid groups (broad SMARTS) is 1. The SMILES string of the molecule is COc1cn(CCCS(C)(=O)=O)c(C(=O)O)cc1=O. The first-order chi connectivity index (χ1) is 8.74. The van der Waals surface area contributed by atoms with E-state index in [1.54, 1.807) is 0 Å². The molecular formula is C11H15NO6S. The summed E-state index contributed by atoms with van der Waals surface area (Å²) in [5.41, 5.74) is -0.724. The fraction of sp³-hybridized carbons (Fsp3) is 0.455. The predicted octanol–water partition coefficient (Wildman–Crippen LogP) is -0.0102. The average molecular weight is 289 g/mol. The van der Waals surface area contributed by atoms with Gasteiger partial charge in [0.05, 0.1) is 19.1 Å². The van der Waals surface area contributed by atoms with Crippen LogP contribution in [0, 0.1) is 0 Å². The molecule has 0 bridgehead atoms. The number of carboxylic acids is 1. The van der Waals surface area contributed by atoms with Gasteiger partial charge in [-0.3, -0.25) is 4.79 Å². The molecule has 0 atom stereocenters. The fourth-order valence-corrected chi connectivity index (χ4v) is 2.23. The van der Waals surface area contributed by atoms with Gasteiger partial charge < -0.3 is 14.4 Å². The maximum Gasteiger partial charge on any atom is 0.352 e. The number of aromatic nitrogens is 1.